The van der Waals surface area contributed by atoms with E-state index in [9.17, 15) is 9.59 Å². The number of carbonyl (C=O) groups excluding carboxylic acids is 2. The normalized spacial score (nSPS) is 10.0. The van der Waals surface area contributed by atoms with Crippen LogP contribution in [-0.2, 0) is 9.53 Å². The summed E-state index contributed by atoms with van der Waals surface area (Å²) in [5.41, 5.74) is 0.912. The first kappa shape index (κ1) is 18.3. The summed E-state index contributed by atoms with van der Waals surface area (Å²) in [6.07, 6.45) is 0. The molecule has 0 aliphatic heterocycles. The Morgan fingerprint density at radius 3 is 2.20 bits per heavy atom. The lowest BCUT2D eigenvalue weighted by molar-refractivity contribution is -0.145. The van der Waals surface area contributed by atoms with Crippen molar-refractivity contribution in [2.45, 2.75) is 6.92 Å². The van der Waals surface area contributed by atoms with E-state index in [1.807, 2.05) is 0 Å². The lowest BCUT2D eigenvalue weighted by Crippen LogP contribution is -2.14. The molecule has 6 heteroatoms. The number of benzene rings is 2. The molecule has 2 aromatic rings. The first-order valence-electron chi connectivity index (χ1n) is 7.74. The number of methoxy groups -OCH3 is 2. The van der Waals surface area contributed by atoms with Crippen LogP contribution in [0.25, 0.3) is 0 Å². The van der Waals surface area contributed by atoms with Crippen LogP contribution < -0.4 is 14.2 Å². The fraction of sp³-hybridized carbons (Fsp3) is 0.263. The molecule has 25 heavy (non-hydrogen) atoms. The third-order valence-corrected chi connectivity index (χ3v) is 3.43. The van der Waals surface area contributed by atoms with Gasteiger partial charge in [0.15, 0.2) is 12.4 Å². The fourth-order valence-electron chi connectivity index (χ4n) is 2.19. The molecule has 0 fully saturated rings. The number of rotatable bonds is 8. The highest BCUT2D eigenvalue weighted by Gasteiger charge is 2.15. The van der Waals surface area contributed by atoms with Crippen LogP contribution in [0.1, 0.15) is 22.8 Å². The van der Waals surface area contributed by atoms with E-state index in [-0.39, 0.29) is 12.4 Å². The molecule has 0 saturated heterocycles. The Hall–Kier alpha value is -3.02. The summed E-state index contributed by atoms with van der Waals surface area (Å²) in [6.45, 7) is 1.86. The molecule has 0 bridgehead atoms. The second-order valence-electron chi connectivity index (χ2n) is 5.01. The third-order valence-electron chi connectivity index (χ3n) is 3.43. The number of ether oxygens (including phenoxy) is 4. The van der Waals surface area contributed by atoms with E-state index in [0.29, 0.717) is 35.0 Å². The number of carbonyl (C=O) groups is 2. The van der Waals surface area contributed by atoms with E-state index in [1.54, 1.807) is 56.5 Å². The van der Waals surface area contributed by atoms with Gasteiger partial charge in [-0.2, -0.15) is 0 Å². The number of hydrogen-bond acceptors (Lipinski definition) is 6. The maximum absolute atomic E-state index is 12.7. The minimum absolute atomic E-state index is 0.173. The predicted octanol–water partition coefficient (Wildman–Crippen LogP) is 2.88. The van der Waals surface area contributed by atoms with Crippen molar-refractivity contribution >= 4 is 11.8 Å². The molecule has 0 radical (unpaired) electrons. The van der Waals surface area contributed by atoms with Crippen molar-refractivity contribution in [1.82, 2.24) is 0 Å². The molecule has 0 aromatic heterocycles. The standard InChI is InChI=1S/C19H20O6/c1-4-24-18(20)12-25-14-7-5-13(6-8-14)19(21)16-10-9-15(22-2)11-17(16)23-3/h5-11H,4,12H2,1-3H3. The second kappa shape index (κ2) is 8.73. The van der Waals surface area contributed by atoms with E-state index in [4.69, 9.17) is 18.9 Å². The van der Waals surface area contributed by atoms with Gasteiger partial charge in [0.2, 0.25) is 0 Å². The number of ketones is 1. The largest absolute Gasteiger partial charge is 0.497 e. The van der Waals surface area contributed by atoms with Crippen LogP contribution in [-0.4, -0.2) is 39.2 Å². The van der Waals surface area contributed by atoms with Crippen molar-refractivity contribution in [3.05, 3.63) is 53.6 Å². The first-order chi connectivity index (χ1) is 12.1. The summed E-state index contributed by atoms with van der Waals surface area (Å²) in [6, 6.07) is 11.5. The minimum atomic E-state index is -0.439. The molecule has 0 heterocycles. The number of hydrogen-bond donors (Lipinski definition) is 0. The van der Waals surface area contributed by atoms with E-state index in [1.165, 1.54) is 7.11 Å². The summed E-state index contributed by atoms with van der Waals surface area (Å²) in [5, 5.41) is 0. The van der Waals surface area contributed by atoms with Crippen molar-refractivity contribution in [3.63, 3.8) is 0 Å². The minimum Gasteiger partial charge on any atom is -0.497 e. The molecule has 0 atom stereocenters. The van der Waals surface area contributed by atoms with Crippen LogP contribution in [0.5, 0.6) is 17.2 Å². The summed E-state index contributed by atoms with van der Waals surface area (Å²) in [7, 11) is 3.04. The Balaban J connectivity index is 2.11. The second-order valence-corrected chi connectivity index (χ2v) is 5.01. The highest BCUT2D eigenvalue weighted by Crippen LogP contribution is 2.27. The summed E-state index contributed by atoms with van der Waals surface area (Å²) in [4.78, 5) is 23.9. The highest BCUT2D eigenvalue weighted by molar-refractivity contribution is 6.10. The van der Waals surface area contributed by atoms with Crippen molar-refractivity contribution in [2.75, 3.05) is 27.4 Å². The van der Waals surface area contributed by atoms with E-state index < -0.39 is 5.97 Å². The van der Waals surface area contributed by atoms with Gasteiger partial charge in [0.25, 0.3) is 0 Å². The average molecular weight is 344 g/mol. The highest BCUT2D eigenvalue weighted by atomic mass is 16.6. The van der Waals surface area contributed by atoms with Gasteiger partial charge in [-0.1, -0.05) is 0 Å². The SMILES string of the molecule is CCOC(=O)COc1ccc(C(=O)c2ccc(OC)cc2OC)cc1. The Bertz CT molecular complexity index is 736. The van der Waals surface area contributed by atoms with Crippen molar-refractivity contribution in [2.24, 2.45) is 0 Å². The average Bonchev–Trinajstić information content (AvgIpc) is 2.66. The molecule has 0 amide bonds. The van der Waals surface area contributed by atoms with Crippen molar-refractivity contribution in [3.8, 4) is 17.2 Å². The van der Waals surface area contributed by atoms with Crippen LogP contribution in [0, 0.1) is 0 Å². The molecule has 0 aliphatic carbocycles. The van der Waals surface area contributed by atoms with Gasteiger partial charge in [-0.05, 0) is 43.3 Å². The van der Waals surface area contributed by atoms with Gasteiger partial charge in [-0.3, -0.25) is 4.79 Å². The topological polar surface area (TPSA) is 71.1 Å². The lowest BCUT2D eigenvalue weighted by Gasteiger charge is -2.10. The zero-order valence-electron chi connectivity index (χ0n) is 14.4. The van der Waals surface area contributed by atoms with Crippen LogP contribution in [0.2, 0.25) is 0 Å². The molecule has 6 nitrogen and oxygen atoms in total. The Morgan fingerprint density at radius 1 is 0.920 bits per heavy atom. The molecule has 0 saturated carbocycles. The van der Waals surface area contributed by atoms with E-state index in [2.05, 4.69) is 0 Å². The third kappa shape index (κ3) is 4.73. The summed E-state index contributed by atoms with van der Waals surface area (Å²) in [5.74, 6) is 0.900. The molecule has 0 spiro atoms. The molecular formula is C19H20O6. The molecular weight excluding hydrogens is 324 g/mol. The maximum atomic E-state index is 12.7. The molecule has 0 unspecified atom stereocenters. The van der Waals surface area contributed by atoms with Gasteiger partial charge in [0.1, 0.15) is 17.2 Å². The molecule has 0 aliphatic rings. The van der Waals surface area contributed by atoms with Gasteiger partial charge in [0, 0.05) is 11.6 Å². The molecule has 0 N–H and O–H groups in total. The van der Waals surface area contributed by atoms with Crippen LogP contribution >= 0.6 is 0 Å². The molecule has 2 rings (SSSR count). The monoisotopic (exact) mass is 344 g/mol. The lowest BCUT2D eigenvalue weighted by atomic mass is 10.0. The van der Waals surface area contributed by atoms with E-state index in [0.717, 1.165) is 0 Å². The van der Waals surface area contributed by atoms with Crippen LogP contribution in [0.4, 0.5) is 0 Å². The van der Waals surface area contributed by atoms with Gasteiger partial charge in [-0.15, -0.1) is 0 Å². The van der Waals surface area contributed by atoms with Gasteiger partial charge < -0.3 is 18.9 Å². The van der Waals surface area contributed by atoms with Gasteiger partial charge in [-0.25, -0.2) is 4.79 Å². The summed E-state index contributed by atoms with van der Waals surface area (Å²) >= 11 is 0. The van der Waals surface area contributed by atoms with Gasteiger partial charge >= 0.3 is 5.97 Å². The van der Waals surface area contributed by atoms with Crippen molar-refractivity contribution in [1.29, 1.82) is 0 Å². The predicted molar refractivity (Wildman–Crippen MR) is 91.5 cm³/mol. The Labute approximate surface area is 146 Å². The number of esters is 1. The first-order valence-corrected chi connectivity index (χ1v) is 7.74. The Kier molecular flexibility index (Phi) is 6.39. The fourth-order valence-corrected chi connectivity index (χ4v) is 2.19. The maximum Gasteiger partial charge on any atom is 0.344 e. The van der Waals surface area contributed by atoms with Gasteiger partial charge in [0.05, 0.1) is 26.4 Å². The zero-order chi connectivity index (χ0) is 18.2. The quantitative estimate of drug-likeness (QED) is 0.542. The zero-order valence-corrected chi connectivity index (χ0v) is 14.4. The van der Waals surface area contributed by atoms with Crippen molar-refractivity contribution < 1.29 is 28.5 Å². The smallest absolute Gasteiger partial charge is 0.344 e. The van der Waals surface area contributed by atoms with Crippen LogP contribution in [0.15, 0.2) is 42.5 Å². The molecule has 132 valence electrons. The van der Waals surface area contributed by atoms with Crippen LogP contribution in [0.3, 0.4) is 0 Å². The molecule has 2 aromatic carbocycles. The van der Waals surface area contributed by atoms with E-state index >= 15 is 0 Å². The summed E-state index contributed by atoms with van der Waals surface area (Å²) < 4.78 is 20.5. The Morgan fingerprint density at radius 2 is 1.60 bits per heavy atom.